The van der Waals surface area contributed by atoms with Gasteiger partial charge in [-0.15, -0.1) is 0 Å². The van der Waals surface area contributed by atoms with Gasteiger partial charge in [0, 0.05) is 12.0 Å². The molecule has 2 aromatic rings. The summed E-state index contributed by atoms with van der Waals surface area (Å²) in [5.41, 5.74) is -0.224. The molecule has 0 saturated heterocycles. The highest BCUT2D eigenvalue weighted by Gasteiger charge is 2.35. The predicted molar refractivity (Wildman–Crippen MR) is 92.7 cm³/mol. The van der Waals surface area contributed by atoms with Gasteiger partial charge in [0.1, 0.15) is 11.9 Å². The van der Waals surface area contributed by atoms with Crippen LogP contribution in [0.25, 0.3) is 0 Å². The van der Waals surface area contributed by atoms with Crippen LogP contribution in [0.2, 0.25) is 5.02 Å². The number of sulfonamides is 1. The van der Waals surface area contributed by atoms with Crippen LogP contribution in [0.1, 0.15) is 22.8 Å². The highest BCUT2D eigenvalue weighted by Crippen LogP contribution is 2.45. The molecule has 0 spiro atoms. The second-order valence-electron chi connectivity index (χ2n) is 5.92. The van der Waals surface area contributed by atoms with Crippen molar-refractivity contribution >= 4 is 27.7 Å². The molecule has 0 fully saturated rings. The molecule has 1 heterocycles. The Balaban J connectivity index is 1.90. The van der Waals surface area contributed by atoms with Crippen LogP contribution >= 0.6 is 11.6 Å². The van der Waals surface area contributed by atoms with E-state index in [9.17, 15) is 26.4 Å². The molecular weight excluding hydrogens is 423 g/mol. The number of methoxy groups -OCH3 is 1. The summed E-state index contributed by atoms with van der Waals surface area (Å²) in [6.45, 7) is 0. The molecule has 0 saturated carbocycles. The van der Waals surface area contributed by atoms with Gasteiger partial charge in [-0.1, -0.05) is 23.7 Å². The Kier molecular flexibility index (Phi) is 5.20. The molecule has 28 heavy (non-hydrogen) atoms. The Bertz CT molecular complexity index is 1040. The summed E-state index contributed by atoms with van der Waals surface area (Å²) in [7, 11) is -3.16. The fourth-order valence-electron chi connectivity index (χ4n) is 2.76. The molecular formula is C17H13ClF3NO5S. The number of nitrogens with one attached hydrogen (secondary N) is 1. The molecule has 1 aliphatic heterocycles. The van der Waals surface area contributed by atoms with E-state index in [-0.39, 0.29) is 27.7 Å². The second-order valence-corrected chi connectivity index (χ2v) is 8.01. The molecule has 2 aromatic carbocycles. The zero-order valence-electron chi connectivity index (χ0n) is 14.2. The first-order valence-corrected chi connectivity index (χ1v) is 9.64. The summed E-state index contributed by atoms with van der Waals surface area (Å²) in [6, 6.07) is 7.25. The number of hydrogen-bond acceptors (Lipinski definition) is 5. The zero-order chi connectivity index (χ0) is 20.7. The van der Waals surface area contributed by atoms with Crippen molar-refractivity contribution in [3.05, 3.63) is 58.1 Å². The van der Waals surface area contributed by atoms with Crippen molar-refractivity contribution in [3.63, 3.8) is 0 Å². The average Bonchev–Trinajstić information content (AvgIpc) is 3.05. The van der Waals surface area contributed by atoms with Crippen LogP contribution < -0.4 is 9.46 Å². The van der Waals surface area contributed by atoms with Gasteiger partial charge in [0.05, 0.1) is 22.6 Å². The number of ether oxygens (including phenoxy) is 2. The fourth-order valence-corrected chi connectivity index (χ4v) is 4.01. The van der Waals surface area contributed by atoms with E-state index in [1.165, 1.54) is 18.2 Å². The van der Waals surface area contributed by atoms with Crippen molar-refractivity contribution in [1.82, 2.24) is 4.72 Å². The molecule has 3 rings (SSSR count). The first-order valence-electron chi connectivity index (χ1n) is 7.78. The number of carbonyl (C=O) groups excluding carboxylic acids is 1. The standard InChI is InChI=1S/C17H13ClF3NO5S/c1-26-16(23)22-28(24,25)12-4-2-3-9(6-12)14-7-10-5-11(17(19,20)21)8-13(18)15(10)27-14/h2-6,8,14H,7H2,1H3,(H,22,23). The molecule has 6 nitrogen and oxygen atoms in total. The number of rotatable bonds is 3. The van der Waals surface area contributed by atoms with Gasteiger partial charge >= 0.3 is 12.3 Å². The lowest BCUT2D eigenvalue weighted by atomic mass is 10.0. The van der Waals surface area contributed by atoms with Crippen molar-refractivity contribution in [2.45, 2.75) is 23.6 Å². The summed E-state index contributed by atoms with van der Waals surface area (Å²) in [5, 5.41) is -0.177. The molecule has 1 amide bonds. The van der Waals surface area contributed by atoms with Gasteiger partial charge in [0.15, 0.2) is 0 Å². The minimum Gasteiger partial charge on any atom is -0.484 e. The van der Waals surface area contributed by atoms with E-state index in [1.54, 1.807) is 10.8 Å². The summed E-state index contributed by atoms with van der Waals surface area (Å²) in [5.74, 6) is 0.126. The number of alkyl halides is 3. The van der Waals surface area contributed by atoms with Crippen molar-refractivity contribution in [2.24, 2.45) is 0 Å². The van der Waals surface area contributed by atoms with E-state index in [1.807, 2.05) is 0 Å². The number of carbonyl (C=O) groups is 1. The van der Waals surface area contributed by atoms with Crippen LogP contribution in [0.5, 0.6) is 5.75 Å². The van der Waals surface area contributed by atoms with Gasteiger partial charge in [-0.25, -0.2) is 17.9 Å². The molecule has 1 N–H and O–H groups in total. The molecule has 1 unspecified atom stereocenters. The van der Waals surface area contributed by atoms with Crippen LogP contribution in [0.4, 0.5) is 18.0 Å². The van der Waals surface area contributed by atoms with E-state index in [4.69, 9.17) is 16.3 Å². The van der Waals surface area contributed by atoms with Crippen LogP contribution in [-0.2, 0) is 27.4 Å². The average molecular weight is 436 g/mol. The molecule has 0 radical (unpaired) electrons. The quantitative estimate of drug-likeness (QED) is 0.785. The molecule has 0 aliphatic carbocycles. The van der Waals surface area contributed by atoms with Crippen LogP contribution in [0.15, 0.2) is 41.3 Å². The second kappa shape index (κ2) is 7.17. The first-order chi connectivity index (χ1) is 13.0. The summed E-state index contributed by atoms with van der Waals surface area (Å²) in [6.07, 6.45) is -6.36. The third-order valence-electron chi connectivity index (χ3n) is 4.06. The monoisotopic (exact) mass is 435 g/mol. The van der Waals surface area contributed by atoms with E-state index < -0.39 is 34.0 Å². The number of benzene rings is 2. The largest absolute Gasteiger partial charge is 0.484 e. The van der Waals surface area contributed by atoms with E-state index in [0.717, 1.165) is 19.2 Å². The Morgan fingerprint density at radius 3 is 2.64 bits per heavy atom. The molecule has 0 aromatic heterocycles. The predicted octanol–water partition coefficient (Wildman–Crippen LogP) is 4.08. The lowest BCUT2D eigenvalue weighted by molar-refractivity contribution is -0.137. The maximum atomic E-state index is 13.0. The minimum absolute atomic E-state index is 0.0763. The number of halogens is 4. The van der Waals surface area contributed by atoms with Crippen molar-refractivity contribution in [2.75, 3.05) is 7.11 Å². The SMILES string of the molecule is COC(=O)NS(=O)(=O)c1cccc(C2Cc3cc(C(F)(F)F)cc(Cl)c3O2)c1. The van der Waals surface area contributed by atoms with Crippen LogP contribution in [0.3, 0.4) is 0 Å². The van der Waals surface area contributed by atoms with E-state index in [2.05, 4.69) is 4.74 Å². The Hall–Kier alpha value is -2.46. The van der Waals surface area contributed by atoms with Gasteiger partial charge in [0.2, 0.25) is 0 Å². The number of amides is 1. The lowest BCUT2D eigenvalue weighted by Gasteiger charge is -2.13. The number of fused-ring (bicyclic) bond motifs is 1. The smallest absolute Gasteiger partial charge is 0.420 e. The third kappa shape index (κ3) is 4.02. The summed E-state index contributed by atoms with van der Waals surface area (Å²) >= 11 is 5.93. The van der Waals surface area contributed by atoms with Crippen LogP contribution in [0, 0.1) is 0 Å². The minimum atomic E-state index is -4.55. The lowest BCUT2D eigenvalue weighted by Crippen LogP contribution is -2.30. The van der Waals surface area contributed by atoms with Gasteiger partial charge in [0.25, 0.3) is 10.0 Å². The summed E-state index contributed by atoms with van der Waals surface area (Å²) in [4.78, 5) is 11.0. The van der Waals surface area contributed by atoms with Crippen molar-refractivity contribution in [1.29, 1.82) is 0 Å². The third-order valence-corrected chi connectivity index (χ3v) is 5.65. The van der Waals surface area contributed by atoms with Crippen molar-refractivity contribution in [3.8, 4) is 5.75 Å². The van der Waals surface area contributed by atoms with Gasteiger partial charge in [-0.05, 0) is 29.8 Å². The van der Waals surface area contributed by atoms with E-state index in [0.29, 0.717) is 5.56 Å². The molecule has 1 aliphatic rings. The molecule has 11 heteroatoms. The molecule has 1 atom stereocenters. The Morgan fingerprint density at radius 1 is 1.29 bits per heavy atom. The highest BCUT2D eigenvalue weighted by atomic mass is 35.5. The Morgan fingerprint density at radius 2 is 2.00 bits per heavy atom. The Labute approximate surface area is 163 Å². The maximum absolute atomic E-state index is 13.0. The van der Waals surface area contributed by atoms with Gasteiger partial charge in [-0.2, -0.15) is 13.2 Å². The highest BCUT2D eigenvalue weighted by molar-refractivity contribution is 7.90. The maximum Gasteiger partial charge on any atom is 0.420 e. The van der Waals surface area contributed by atoms with Gasteiger partial charge < -0.3 is 9.47 Å². The van der Waals surface area contributed by atoms with Crippen LogP contribution in [-0.4, -0.2) is 21.6 Å². The fraction of sp³-hybridized carbons (Fsp3) is 0.235. The molecule has 0 bridgehead atoms. The topological polar surface area (TPSA) is 81.7 Å². The zero-order valence-corrected chi connectivity index (χ0v) is 15.8. The number of hydrogen-bond donors (Lipinski definition) is 1. The first kappa shape index (κ1) is 20.3. The van der Waals surface area contributed by atoms with Gasteiger partial charge in [-0.3, -0.25) is 0 Å². The summed E-state index contributed by atoms with van der Waals surface area (Å²) < 4.78 is 74.9. The van der Waals surface area contributed by atoms with E-state index >= 15 is 0 Å². The normalized spacial score (nSPS) is 16.2. The van der Waals surface area contributed by atoms with Crippen molar-refractivity contribution < 1.29 is 35.9 Å². The molecule has 150 valence electrons.